The minimum atomic E-state index is -1.47. The summed E-state index contributed by atoms with van der Waals surface area (Å²) < 4.78 is 25.7. The number of esters is 4. The van der Waals surface area contributed by atoms with Gasteiger partial charge in [-0.15, -0.1) is 0 Å². The fourth-order valence-electron chi connectivity index (χ4n) is 2.99. The van der Waals surface area contributed by atoms with Crippen molar-refractivity contribution in [2.24, 2.45) is 0 Å². The van der Waals surface area contributed by atoms with E-state index in [0.29, 0.717) is 0 Å². The standard InChI is InChI=1S/C19H25N3O10/c1-9(23)22-16-13(21-8-20)6-14(19(27)28-5)32-18(16)17(31-12(4)26)15(30-11(3)25)7-29-10(2)24/h6,13,15-18,21H,7H2,1-5H3,(H,22,23). The van der Waals surface area contributed by atoms with Crippen LogP contribution < -0.4 is 10.6 Å². The van der Waals surface area contributed by atoms with E-state index in [4.69, 9.17) is 24.2 Å². The Kier molecular flexibility index (Phi) is 9.94. The molecule has 0 aromatic rings. The number of nitriles is 1. The Morgan fingerprint density at radius 2 is 1.72 bits per heavy atom. The van der Waals surface area contributed by atoms with Gasteiger partial charge in [0, 0.05) is 27.7 Å². The Morgan fingerprint density at radius 3 is 2.19 bits per heavy atom. The fourth-order valence-corrected chi connectivity index (χ4v) is 2.99. The van der Waals surface area contributed by atoms with Crippen LogP contribution in [0.2, 0.25) is 0 Å². The van der Waals surface area contributed by atoms with E-state index in [2.05, 4.69) is 15.4 Å². The molecule has 1 aliphatic heterocycles. The summed E-state index contributed by atoms with van der Waals surface area (Å²) in [5, 5.41) is 14.1. The van der Waals surface area contributed by atoms with Crippen molar-refractivity contribution >= 4 is 29.8 Å². The molecule has 1 aliphatic rings. The maximum Gasteiger partial charge on any atom is 0.373 e. The molecule has 176 valence electrons. The van der Waals surface area contributed by atoms with Crippen LogP contribution >= 0.6 is 0 Å². The summed E-state index contributed by atoms with van der Waals surface area (Å²) in [6, 6.07) is -2.08. The number of carbonyl (C=O) groups excluding carboxylic acids is 5. The van der Waals surface area contributed by atoms with E-state index in [-0.39, 0.29) is 5.76 Å². The highest BCUT2D eigenvalue weighted by Crippen LogP contribution is 2.26. The van der Waals surface area contributed by atoms with E-state index >= 15 is 0 Å². The molecular formula is C19H25N3O10. The van der Waals surface area contributed by atoms with Crippen LogP contribution in [0, 0.1) is 11.5 Å². The lowest BCUT2D eigenvalue weighted by atomic mass is 9.91. The van der Waals surface area contributed by atoms with Crippen molar-refractivity contribution in [1.29, 1.82) is 5.26 Å². The first-order chi connectivity index (χ1) is 15.0. The highest BCUT2D eigenvalue weighted by Gasteiger charge is 2.48. The molecule has 0 saturated carbocycles. The highest BCUT2D eigenvalue weighted by atomic mass is 16.6. The van der Waals surface area contributed by atoms with E-state index in [9.17, 15) is 24.0 Å². The van der Waals surface area contributed by atoms with Gasteiger partial charge in [-0.1, -0.05) is 0 Å². The molecule has 0 aliphatic carbocycles. The summed E-state index contributed by atoms with van der Waals surface area (Å²) in [5.41, 5.74) is 0. The van der Waals surface area contributed by atoms with Crippen molar-refractivity contribution in [2.75, 3.05) is 13.7 Å². The van der Waals surface area contributed by atoms with Gasteiger partial charge in [-0.2, -0.15) is 5.26 Å². The molecule has 32 heavy (non-hydrogen) atoms. The van der Waals surface area contributed by atoms with Crippen LogP contribution in [-0.4, -0.2) is 73.9 Å². The lowest BCUT2D eigenvalue weighted by Crippen LogP contribution is -2.63. The quantitative estimate of drug-likeness (QED) is 0.184. The second kappa shape index (κ2) is 12.1. The molecule has 0 spiro atoms. The van der Waals surface area contributed by atoms with Crippen molar-refractivity contribution in [3.05, 3.63) is 11.8 Å². The van der Waals surface area contributed by atoms with E-state index < -0.39 is 66.8 Å². The van der Waals surface area contributed by atoms with Crippen LogP contribution in [0.1, 0.15) is 27.7 Å². The number of nitrogens with zero attached hydrogens (tertiary/aromatic N) is 1. The second-order valence-corrected chi connectivity index (χ2v) is 6.64. The molecule has 1 amide bonds. The summed E-state index contributed by atoms with van der Waals surface area (Å²) >= 11 is 0. The molecule has 5 unspecified atom stereocenters. The first-order valence-corrected chi connectivity index (χ1v) is 9.36. The van der Waals surface area contributed by atoms with Crippen molar-refractivity contribution in [3.8, 4) is 6.19 Å². The van der Waals surface area contributed by atoms with Gasteiger partial charge >= 0.3 is 23.9 Å². The van der Waals surface area contributed by atoms with Crippen LogP contribution in [0.5, 0.6) is 0 Å². The van der Waals surface area contributed by atoms with Gasteiger partial charge in [0.15, 0.2) is 24.5 Å². The Balaban J connectivity index is 3.54. The molecule has 0 radical (unpaired) electrons. The normalized spacial score (nSPS) is 21.2. The predicted molar refractivity (Wildman–Crippen MR) is 103 cm³/mol. The molecule has 0 bridgehead atoms. The third kappa shape index (κ3) is 7.78. The maximum atomic E-state index is 12.1. The first-order valence-electron chi connectivity index (χ1n) is 9.36. The van der Waals surface area contributed by atoms with Crippen LogP contribution in [-0.2, 0) is 47.7 Å². The van der Waals surface area contributed by atoms with Crippen molar-refractivity contribution in [3.63, 3.8) is 0 Å². The third-order valence-corrected chi connectivity index (χ3v) is 4.08. The summed E-state index contributed by atoms with van der Waals surface area (Å²) in [6.07, 6.45) is -1.29. The van der Waals surface area contributed by atoms with Gasteiger partial charge in [0.1, 0.15) is 6.61 Å². The number of methoxy groups -OCH3 is 1. The number of nitrogens with one attached hydrogen (secondary N) is 2. The molecule has 2 N–H and O–H groups in total. The number of amides is 1. The maximum absolute atomic E-state index is 12.1. The van der Waals surface area contributed by atoms with Gasteiger partial charge < -0.3 is 34.3 Å². The molecule has 5 atom stereocenters. The SMILES string of the molecule is COC(=O)C1=CC(NC#N)C(NC(C)=O)C(C(OC(C)=O)C(COC(C)=O)OC(C)=O)O1. The number of carbonyl (C=O) groups is 5. The lowest BCUT2D eigenvalue weighted by molar-refractivity contribution is -0.188. The van der Waals surface area contributed by atoms with Crippen LogP contribution in [0.15, 0.2) is 11.8 Å². The van der Waals surface area contributed by atoms with Gasteiger partial charge in [-0.3, -0.25) is 19.2 Å². The zero-order chi connectivity index (χ0) is 24.4. The number of hydrogen-bond acceptors (Lipinski definition) is 12. The molecule has 1 heterocycles. The van der Waals surface area contributed by atoms with Crippen molar-refractivity contribution in [1.82, 2.24) is 10.6 Å². The lowest BCUT2D eigenvalue weighted by Gasteiger charge is -2.41. The Hall–Kier alpha value is -3.82. The number of hydrogen-bond donors (Lipinski definition) is 2. The zero-order valence-corrected chi connectivity index (χ0v) is 18.2. The van der Waals surface area contributed by atoms with E-state index in [1.807, 2.05) is 0 Å². The van der Waals surface area contributed by atoms with Crippen molar-refractivity contribution in [2.45, 2.75) is 58.1 Å². The summed E-state index contributed by atoms with van der Waals surface area (Å²) in [6.45, 7) is 3.95. The van der Waals surface area contributed by atoms with Gasteiger partial charge in [0.05, 0.1) is 19.2 Å². The number of rotatable bonds is 9. The average molecular weight is 455 g/mol. The summed E-state index contributed by atoms with van der Waals surface area (Å²) in [4.78, 5) is 58.8. The Labute approximate surface area is 183 Å². The molecule has 0 aromatic heterocycles. The summed E-state index contributed by atoms with van der Waals surface area (Å²) in [5.74, 6) is -4.11. The molecular weight excluding hydrogens is 430 g/mol. The smallest absolute Gasteiger partial charge is 0.373 e. The fraction of sp³-hybridized carbons (Fsp3) is 0.579. The van der Waals surface area contributed by atoms with Gasteiger partial charge in [-0.05, 0) is 6.08 Å². The van der Waals surface area contributed by atoms with E-state index in [1.54, 1.807) is 6.19 Å². The minimum Gasteiger partial charge on any atom is -0.477 e. The van der Waals surface area contributed by atoms with Crippen LogP contribution in [0.25, 0.3) is 0 Å². The molecule has 13 heteroatoms. The van der Waals surface area contributed by atoms with E-state index in [1.165, 1.54) is 13.0 Å². The monoisotopic (exact) mass is 455 g/mol. The van der Waals surface area contributed by atoms with Crippen LogP contribution in [0.4, 0.5) is 0 Å². The van der Waals surface area contributed by atoms with Gasteiger partial charge in [-0.25, -0.2) is 4.79 Å². The predicted octanol–water partition coefficient (Wildman–Crippen LogP) is -1.19. The van der Waals surface area contributed by atoms with Crippen LogP contribution in [0.3, 0.4) is 0 Å². The summed E-state index contributed by atoms with van der Waals surface area (Å²) in [7, 11) is 1.10. The minimum absolute atomic E-state index is 0.349. The van der Waals surface area contributed by atoms with E-state index in [0.717, 1.165) is 27.9 Å². The first kappa shape index (κ1) is 26.2. The molecule has 0 aromatic carbocycles. The van der Waals surface area contributed by atoms with Gasteiger partial charge in [0.2, 0.25) is 11.7 Å². The topological polar surface area (TPSA) is 179 Å². The Bertz CT molecular complexity index is 819. The second-order valence-electron chi connectivity index (χ2n) is 6.64. The largest absolute Gasteiger partial charge is 0.477 e. The number of ether oxygens (including phenoxy) is 5. The Morgan fingerprint density at radius 1 is 1.09 bits per heavy atom. The third-order valence-electron chi connectivity index (χ3n) is 4.08. The molecule has 1 rings (SSSR count). The van der Waals surface area contributed by atoms with Gasteiger partial charge in [0.25, 0.3) is 0 Å². The average Bonchev–Trinajstić information content (AvgIpc) is 2.69. The van der Waals surface area contributed by atoms with Crippen molar-refractivity contribution < 1.29 is 47.7 Å². The highest BCUT2D eigenvalue weighted by molar-refractivity contribution is 5.86. The zero-order valence-electron chi connectivity index (χ0n) is 18.2. The molecule has 0 fully saturated rings. The molecule has 13 nitrogen and oxygen atoms in total. The molecule has 0 saturated heterocycles.